The molecule has 2 heterocycles. The maximum Gasteiger partial charge on any atom is 0.345 e. The third kappa shape index (κ3) is 3.54. The van der Waals surface area contributed by atoms with Gasteiger partial charge in [-0.1, -0.05) is 0 Å². The predicted octanol–water partition coefficient (Wildman–Crippen LogP) is 0.753. The molecule has 6 nitrogen and oxygen atoms in total. The van der Waals surface area contributed by atoms with Crippen molar-refractivity contribution in [3.63, 3.8) is 0 Å². The SMILES string of the molecule is O=C(O)c1ccc(C(=O)NC2CCCS(=O)(=O)C2)s1. The van der Waals surface area contributed by atoms with E-state index < -0.39 is 21.7 Å². The van der Waals surface area contributed by atoms with Crippen LogP contribution >= 0.6 is 11.3 Å². The molecule has 0 aliphatic carbocycles. The second-order valence-electron chi connectivity index (χ2n) is 4.40. The normalized spacial score (nSPS) is 21.8. The summed E-state index contributed by atoms with van der Waals surface area (Å²) in [6, 6.07) is 2.40. The van der Waals surface area contributed by atoms with Crippen LogP contribution < -0.4 is 5.32 Å². The highest BCUT2D eigenvalue weighted by molar-refractivity contribution is 7.91. The molecule has 2 N–H and O–H groups in total. The molecule has 0 saturated carbocycles. The molecule has 1 aliphatic heterocycles. The Morgan fingerprint density at radius 2 is 2.00 bits per heavy atom. The van der Waals surface area contributed by atoms with Crippen LogP contribution in [-0.2, 0) is 9.84 Å². The Kier molecular flexibility index (Phi) is 3.91. The molecular weight excluding hydrogens is 290 g/mol. The average Bonchev–Trinajstić information content (AvgIpc) is 2.76. The smallest absolute Gasteiger partial charge is 0.345 e. The summed E-state index contributed by atoms with van der Waals surface area (Å²) in [5, 5.41) is 11.4. The van der Waals surface area contributed by atoms with Crippen molar-refractivity contribution < 1.29 is 23.1 Å². The van der Waals surface area contributed by atoms with Gasteiger partial charge in [-0.2, -0.15) is 0 Å². The van der Waals surface area contributed by atoms with Gasteiger partial charge in [0.15, 0.2) is 9.84 Å². The van der Waals surface area contributed by atoms with E-state index in [0.717, 1.165) is 11.3 Å². The fourth-order valence-electron chi connectivity index (χ4n) is 1.97. The fourth-order valence-corrected chi connectivity index (χ4v) is 4.35. The zero-order chi connectivity index (χ0) is 14.0. The van der Waals surface area contributed by atoms with Crippen LogP contribution in [0.3, 0.4) is 0 Å². The summed E-state index contributed by atoms with van der Waals surface area (Å²) < 4.78 is 22.9. The molecule has 1 fully saturated rings. The Morgan fingerprint density at radius 1 is 1.32 bits per heavy atom. The van der Waals surface area contributed by atoms with Gasteiger partial charge < -0.3 is 10.4 Å². The second kappa shape index (κ2) is 5.30. The number of hydrogen-bond acceptors (Lipinski definition) is 5. The number of carboxylic acids is 1. The lowest BCUT2D eigenvalue weighted by atomic mass is 10.2. The van der Waals surface area contributed by atoms with Crippen molar-refractivity contribution >= 4 is 33.1 Å². The van der Waals surface area contributed by atoms with Gasteiger partial charge in [-0.25, -0.2) is 13.2 Å². The molecule has 0 bridgehead atoms. The van der Waals surface area contributed by atoms with E-state index in [4.69, 9.17) is 5.11 Å². The number of thiophene rings is 1. The minimum atomic E-state index is -3.07. The van der Waals surface area contributed by atoms with Crippen molar-refractivity contribution in [2.75, 3.05) is 11.5 Å². The van der Waals surface area contributed by atoms with E-state index in [1.807, 2.05) is 0 Å². The molecule has 1 saturated heterocycles. The van der Waals surface area contributed by atoms with E-state index in [-0.39, 0.29) is 27.3 Å². The Bertz CT molecular complexity index is 604. The molecule has 0 aromatic carbocycles. The molecular formula is C11H13NO5S2. The van der Waals surface area contributed by atoms with Gasteiger partial charge in [0.25, 0.3) is 5.91 Å². The van der Waals surface area contributed by atoms with Crippen LogP contribution in [0.1, 0.15) is 32.2 Å². The Labute approximate surface area is 114 Å². The van der Waals surface area contributed by atoms with Gasteiger partial charge in [-0.3, -0.25) is 4.79 Å². The lowest BCUT2D eigenvalue weighted by Gasteiger charge is -2.22. The quantitative estimate of drug-likeness (QED) is 0.858. The lowest BCUT2D eigenvalue weighted by Crippen LogP contribution is -2.42. The average molecular weight is 303 g/mol. The maximum absolute atomic E-state index is 11.9. The molecule has 2 rings (SSSR count). The van der Waals surface area contributed by atoms with Crippen LogP contribution in [-0.4, -0.2) is 42.9 Å². The Balaban J connectivity index is 2.02. The molecule has 104 valence electrons. The van der Waals surface area contributed by atoms with Crippen molar-refractivity contribution in [1.29, 1.82) is 0 Å². The first-order valence-electron chi connectivity index (χ1n) is 5.72. The van der Waals surface area contributed by atoms with E-state index >= 15 is 0 Å². The predicted molar refractivity (Wildman–Crippen MR) is 70.4 cm³/mol. The van der Waals surface area contributed by atoms with Crippen LogP contribution in [0.2, 0.25) is 0 Å². The van der Waals surface area contributed by atoms with Crippen molar-refractivity contribution in [1.82, 2.24) is 5.32 Å². The summed E-state index contributed by atoms with van der Waals surface area (Å²) in [7, 11) is -3.07. The van der Waals surface area contributed by atoms with E-state index in [1.54, 1.807) is 0 Å². The maximum atomic E-state index is 11.9. The molecule has 19 heavy (non-hydrogen) atoms. The largest absolute Gasteiger partial charge is 0.477 e. The van der Waals surface area contributed by atoms with Gasteiger partial charge in [-0.15, -0.1) is 11.3 Å². The monoisotopic (exact) mass is 303 g/mol. The summed E-state index contributed by atoms with van der Waals surface area (Å²) in [5.74, 6) is -1.37. The van der Waals surface area contributed by atoms with Gasteiger partial charge >= 0.3 is 5.97 Å². The van der Waals surface area contributed by atoms with Gasteiger partial charge in [0, 0.05) is 6.04 Å². The number of aromatic carboxylic acids is 1. The number of carbonyl (C=O) groups is 2. The zero-order valence-corrected chi connectivity index (χ0v) is 11.6. The first-order valence-corrected chi connectivity index (χ1v) is 8.35. The highest BCUT2D eigenvalue weighted by Crippen LogP contribution is 2.18. The zero-order valence-electron chi connectivity index (χ0n) is 9.96. The van der Waals surface area contributed by atoms with Gasteiger partial charge in [-0.05, 0) is 25.0 Å². The fraction of sp³-hybridized carbons (Fsp3) is 0.455. The summed E-state index contributed by atoms with van der Waals surface area (Å²) in [5.41, 5.74) is 0. The van der Waals surface area contributed by atoms with Crippen molar-refractivity contribution in [3.8, 4) is 0 Å². The minimum Gasteiger partial charge on any atom is -0.477 e. The van der Waals surface area contributed by atoms with Crippen LogP contribution in [0.15, 0.2) is 12.1 Å². The summed E-state index contributed by atoms with van der Waals surface area (Å²) in [4.78, 5) is 22.9. The molecule has 8 heteroatoms. The standard InChI is InChI=1S/C11H13NO5S2/c13-10(8-3-4-9(18-8)11(14)15)12-7-2-1-5-19(16,17)6-7/h3-4,7H,1-2,5-6H2,(H,12,13)(H,14,15). The van der Waals surface area contributed by atoms with E-state index in [1.165, 1.54) is 12.1 Å². The number of sulfone groups is 1. The first-order chi connectivity index (χ1) is 8.87. The molecule has 1 amide bonds. The Morgan fingerprint density at radius 3 is 2.58 bits per heavy atom. The molecule has 1 unspecified atom stereocenters. The van der Waals surface area contributed by atoms with Crippen molar-refractivity contribution in [2.24, 2.45) is 0 Å². The van der Waals surface area contributed by atoms with Crippen molar-refractivity contribution in [3.05, 3.63) is 21.9 Å². The third-order valence-electron chi connectivity index (χ3n) is 2.84. The topological polar surface area (TPSA) is 101 Å². The van der Waals surface area contributed by atoms with Crippen LogP contribution in [0, 0.1) is 0 Å². The number of carboxylic acid groups (broad SMARTS) is 1. The highest BCUT2D eigenvalue weighted by atomic mass is 32.2. The van der Waals surface area contributed by atoms with Gasteiger partial charge in [0.1, 0.15) is 4.88 Å². The Hall–Kier alpha value is -1.41. The summed E-state index contributed by atoms with van der Waals surface area (Å²) in [6.07, 6.45) is 1.17. The van der Waals surface area contributed by atoms with Gasteiger partial charge in [0.2, 0.25) is 0 Å². The second-order valence-corrected chi connectivity index (χ2v) is 7.71. The van der Waals surface area contributed by atoms with E-state index in [2.05, 4.69) is 5.32 Å². The molecule has 1 aromatic rings. The summed E-state index contributed by atoms with van der Waals surface area (Å²) >= 11 is 0.877. The molecule has 1 atom stereocenters. The molecule has 0 spiro atoms. The third-order valence-corrected chi connectivity index (χ3v) is 5.73. The minimum absolute atomic E-state index is 0.0457. The summed E-state index contributed by atoms with van der Waals surface area (Å²) in [6.45, 7) is 0. The number of rotatable bonds is 3. The first kappa shape index (κ1) is 14.0. The van der Waals surface area contributed by atoms with E-state index in [0.29, 0.717) is 12.8 Å². The van der Waals surface area contributed by atoms with E-state index in [9.17, 15) is 18.0 Å². The van der Waals surface area contributed by atoms with Crippen LogP contribution in [0.4, 0.5) is 0 Å². The van der Waals surface area contributed by atoms with Crippen LogP contribution in [0.5, 0.6) is 0 Å². The number of carbonyl (C=O) groups excluding carboxylic acids is 1. The highest BCUT2D eigenvalue weighted by Gasteiger charge is 2.26. The van der Waals surface area contributed by atoms with Crippen LogP contribution in [0.25, 0.3) is 0 Å². The molecule has 1 aliphatic rings. The van der Waals surface area contributed by atoms with Crippen molar-refractivity contribution in [2.45, 2.75) is 18.9 Å². The van der Waals surface area contributed by atoms with Gasteiger partial charge in [0.05, 0.1) is 16.4 Å². The number of amides is 1. The number of nitrogens with one attached hydrogen (secondary N) is 1. The molecule has 1 aromatic heterocycles. The number of hydrogen-bond donors (Lipinski definition) is 2. The lowest BCUT2D eigenvalue weighted by molar-refractivity contribution is 0.0702. The molecule has 0 radical (unpaired) electrons.